The highest BCUT2D eigenvalue weighted by Gasteiger charge is 2.17. The van der Waals surface area contributed by atoms with Gasteiger partial charge in [0.25, 0.3) is 0 Å². The number of nitrogens with one attached hydrogen (secondary N) is 1. The molecule has 1 N–H and O–H groups in total. The van der Waals surface area contributed by atoms with E-state index >= 15 is 0 Å². The molecule has 0 aliphatic rings. The highest BCUT2D eigenvalue weighted by molar-refractivity contribution is 5.97. The van der Waals surface area contributed by atoms with Crippen LogP contribution in [-0.2, 0) is 0 Å². The maximum absolute atomic E-state index is 13.7. The summed E-state index contributed by atoms with van der Waals surface area (Å²) >= 11 is 0. The Morgan fingerprint density at radius 1 is 0.897 bits per heavy atom. The fourth-order valence-corrected chi connectivity index (χ4v) is 3.06. The third-order valence-corrected chi connectivity index (χ3v) is 4.26. The van der Waals surface area contributed by atoms with Crippen molar-refractivity contribution in [3.05, 3.63) is 60.4 Å². The first kappa shape index (κ1) is 18.7. The van der Waals surface area contributed by atoms with Crippen LogP contribution in [0.1, 0.15) is 6.92 Å². The van der Waals surface area contributed by atoms with E-state index in [1.165, 1.54) is 12.1 Å². The Labute approximate surface area is 165 Å². The Morgan fingerprint density at radius 3 is 2.24 bits per heavy atom. The van der Waals surface area contributed by atoms with Gasteiger partial charge in [-0.05, 0) is 48.4 Å². The molecule has 0 saturated carbocycles. The summed E-state index contributed by atoms with van der Waals surface area (Å²) in [4.78, 5) is 17.5. The van der Waals surface area contributed by atoms with Gasteiger partial charge in [-0.1, -0.05) is 0 Å². The number of anilines is 1. The van der Waals surface area contributed by atoms with Gasteiger partial charge in [0.05, 0.1) is 6.61 Å². The van der Waals surface area contributed by atoms with Crippen LogP contribution in [-0.4, -0.2) is 33.6 Å². The van der Waals surface area contributed by atoms with E-state index in [0.29, 0.717) is 51.9 Å². The number of ether oxygens (including phenoxy) is 1. The van der Waals surface area contributed by atoms with E-state index in [1.807, 2.05) is 6.92 Å². The maximum Gasteiger partial charge on any atom is 0.200 e. The molecule has 0 spiro atoms. The summed E-state index contributed by atoms with van der Waals surface area (Å²) in [5, 5.41) is 3.69. The molecule has 0 amide bonds. The third-order valence-electron chi connectivity index (χ3n) is 4.26. The standard InChI is InChI=1S/C21H17F2N5O/c1-3-29-17-10-13(12-7-14(22)11-15(23)8-12)9-16-18(17)27-21(28-19(16)24-2)20-25-5-4-6-26-20/h4-11H,3H2,1-2H3,(H,24,27,28). The van der Waals surface area contributed by atoms with Crippen molar-refractivity contribution in [3.63, 3.8) is 0 Å². The zero-order valence-corrected chi connectivity index (χ0v) is 15.8. The highest BCUT2D eigenvalue weighted by atomic mass is 19.1. The minimum absolute atomic E-state index is 0.341. The van der Waals surface area contributed by atoms with Crippen molar-refractivity contribution in [1.29, 1.82) is 0 Å². The highest BCUT2D eigenvalue weighted by Crippen LogP contribution is 2.36. The second kappa shape index (κ2) is 7.75. The second-order valence-corrected chi connectivity index (χ2v) is 6.18. The van der Waals surface area contributed by atoms with E-state index in [0.717, 1.165) is 6.07 Å². The average Bonchev–Trinajstić information content (AvgIpc) is 2.73. The summed E-state index contributed by atoms with van der Waals surface area (Å²) in [6.07, 6.45) is 3.22. The number of benzene rings is 2. The van der Waals surface area contributed by atoms with Crippen molar-refractivity contribution in [2.75, 3.05) is 19.0 Å². The lowest BCUT2D eigenvalue weighted by Crippen LogP contribution is -2.03. The lowest BCUT2D eigenvalue weighted by atomic mass is 10.0. The van der Waals surface area contributed by atoms with Crippen LogP contribution in [0.5, 0.6) is 5.75 Å². The van der Waals surface area contributed by atoms with Gasteiger partial charge in [-0.3, -0.25) is 0 Å². The van der Waals surface area contributed by atoms with Gasteiger partial charge >= 0.3 is 0 Å². The SMILES string of the molecule is CCOc1cc(-c2cc(F)cc(F)c2)cc2c(NC)nc(-c3ncccn3)nc12. The van der Waals surface area contributed by atoms with Crippen LogP contribution >= 0.6 is 0 Å². The van der Waals surface area contributed by atoms with Gasteiger partial charge in [-0.2, -0.15) is 0 Å². The molecule has 0 aliphatic heterocycles. The van der Waals surface area contributed by atoms with Crippen LogP contribution in [0.25, 0.3) is 33.7 Å². The molecule has 0 bridgehead atoms. The smallest absolute Gasteiger partial charge is 0.200 e. The largest absolute Gasteiger partial charge is 0.492 e. The summed E-state index contributed by atoms with van der Waals surface area (Å²) in [7, 11) is 1.73. The van der Waals surface area contributed by atoms with Crippen LogP contribution in [0.4, 0.5) is 14.6 Å². The van der Waals surface area contributed by atoms with E-state index in [2.05, 4.69) is 25.3 Å². The number of halogens is 2. The van der Waals surface area contributed by atoms with Crippen molar-refractivity contribution in [2.24, 2.45) is 0 Å². The minimum atomic E-state index is -0.653. The first-order valence-electron chi connectivity index (χ1n) is 8.99. The number of nitrogens with zero attached hydrogens (tertiary/aromatic N) is 4. The van der Waals surface area contributed by atoms with Crippen molar-refractivity contribution in [3.8, 4) is 28.5 Å². The summed E-state index contributed by atoms with van der Waals surface area (Å²) in [5.41, 5.74) is 1.53. The Kier molecular flexibility index (Phi) is 4.99. The summed E-state index contributed by atoms with van der Waals surface area (Å²) < 4.78 is 33.3. The van der Waals surface area contributed by atoms with Crippen molar-refractivity contribution in [2.45, 2.75) is 6.92 Å². The van der Waals surface area contributed by atoms with Crippen molar-refractivity contribution < 1.29 is 13.5 Å². The molecule has 0 atom stereocenters. The molecule has 0 saturated heterocycles. The average molecular weight is 393 g/mol. The predicted molar refractivity (Wildman–Crippen MR) is 107 cm³/mol. The molecule has 2 aromatic heterocycles. The van der Waals surface area contributed by atoms with Crippen LogP contribution in [0.2, 0.25) is 0 Å². The molecule has 2 aromatic carbocycles. The predicted octanol–water partition coefficient (Wildman–Crippen LogP) is 4.47. The number of hydrogen-bond acceptors (Lipinski definition) is 6. The number of hydrogen-bond donors (Lipinski definition) is 1. The fraction of sp³-hybridized carbons (Fsp3) is 0.143. The molecule has 6 nitrogen and oxygen atoms in total. The topological polar surface area (TPSA) is 72.8 Å². The Balaban J connectivity index is 1.98. The van der Waals surface area contributed by atoms with E-state index < -0.39 is 11.6 Å². The maximum atomic E-state index is 13.7. The summed E-state index contributed by atoms with van der Waals surface area (Å²) in [6.45, 7) is 2.24. The van der Waals surface area contributed by atoms with Gasteiger partial charge in [0, 0.05) is 30.9 Å². The molecular formula is C21H17F2N5O. The first-order chi connectivity index (χ1) is 14.1. The Hall–Kier alpha value is -3.68. The summed E-state index contributed by atoms with van der Waals surface area (Å²) in [5.74, 6) is 0.412. The molecular weight excluding hydrogens is 376 g/mol. The van der Waals surface area contributed by atoms with E-state index in [9.17, 15) is 8.78 Å². The molecule has 4 rings (SSSR count). The number of fused-ring (bicyclic) bond motifs is 1. The molecule has 0 fully saturated rings. The van der Waals surface area contributed by atoms with Crippen molar-refractivity contribution >= 4 is 16.7 Å². The van der Waals surface area contributed by atoms with Gasteiger partial charge in [0.2, 0.25) is 0 Å². The first-order valence-corrected chi connectivity index (χ1v) is 8.99. The molecule has 4 aromatic rings. The molecule has 2 heterocycles. The van der Waals surface area contributed by atoms with Gasteiger partial charge in [0.1, 0.15) is 28.7 Å². The zero-order chi connectivity index (χ0) is 20.4. The van der Waals surface area contributed by atoms with Gasteiger partial charge < -0.3 is 10.1 Å². The quantitative estimate of drug-likeness (QED) is 0.539. The monoisotopic (exact) mass is 393 g/mol. The van der Waals surface area contributed by atoms with E-state index in [-0.39, 0.29) is 0 Å². The van der Waals surface area contributed by atoms with E-state index in [4.69, 9.17) is 4.74 Å². The van der Waals surface area contributed by atoms with E-state index in [1.54, 1.807) is 37.6 Å². The lowest BCUT2D eigenvalue weighted by Gasteiger charge is -2.14. The van der Waals surface area contributed by atoms with Crippen LogP contribution in [0.15, 0.2) is 48.8 Å². The molecule has 146 valence electrons. The molecule has 0 radical (unpaired) electrons. The molecule has 0 unspecified atom stereocenters. The zero-order valence-electron chi connectivity index (χ0n) is 15.8. The van der Waals surface area contributed by atoms with Crippen LogP contribution in [0, 0.1) is 11.6 Å². The number of rotatable bonds is 5. The fourth-order valence-electron chi connectivity index (χ4n) is 3.06. The Bertz CT molecular complexity index is 1160. The third kappa shape index (κ3) is 3.69. The molecule has 8 heteroatoms. The van der Waals surface area contributed by atoms with Gasteiger partial charge in [-0.25, -0.2) is 28.7 Å². The summed E-state index contributed by atoms with van der Waals surface area (Å²) in [6, 6.07) is 8.57. The second-order valence-electron chi connectivity index (χ2n) is 6.18. The molecule has 29 heavy (non-hydrogen) atoms. The van der Waals surface area contributed by atoms with Crippen LogP contribution < -0.4 is 10.1 Å². The molecule has 0 aliphatic carbocycles. The lowest BCUT2D eigenvalue weighted by molar-refractivity contribution is 0.344. The van der Waals surface area contributed by atoms with Gasteiger partial charge in [0.15, 0.2) is 11.6 Å². The number of aromatic nitrogens is 4. The normalized spacial score (nSPS) is 10.9. The van der Waals surface area contributed by atoms with Gasteiger partial charge in [-0.15, -0.1) is 0 Å². The van der Waals surface area contributed by atoms with Crippen molar-refractivity contribution in [1.82, 2.24) is 19.9 Å². The Morgan fingerprint density at radius 2 is 1.59 bits per heavy atom. The minimum Gasteiger partial charge on any atom is -0.492 e. The van der Waals surface area contributed by atoms with Crippen LogP contribution in [0.3, 0.4) is 0 Å².